The van der Waals surface area contributed by atoms with Crippen LogP contribution in [0.15, 0.2) is 23.7 Å². The van der Waals surface area contributed by atoms with E-state index in [9.17, 15) is 4.79 Å². The Morgan fingerprint density at radius 2 is 1.83 bits per heavy atom. The molecule has 1 atom stereocenters. The molecule has 1 amide bonds. The molecule has 0 bridgehead atoms. The van der Waals surface area contributed by atoms with Crippen LogP contribution in [0.5, 0.6) is 0 Å². The molecule has 0 aliphatic carbocycles. The van der Waals surface area contributed by atoms with Crippen molar-refractivity contribution in [1.29, 1.82) is 0 Å². The number of aromatic nitrogens is 4. The van der Waals surface area contributed by atoms with Crippen molar-refractivity contribution in [3.63, 3.8) is 0 Å². The second-order valence-electron chi connectivity index (χ2n) is 7.40. The summed E-state index contributed by atoms with van der Waals surface area (Å²) in [5.41, 5.74) is 6.74. The maximum absolute atomic E-state index is 12.9. The molecule has 30 heavy (non-hydrogen) atoms. The minimum atomic E-state index is -0.295. The first-order valence-electron chi connectivity index (χ1n) is 9.78. The molecule has 0 radical (unpaired) electrons. The van der Waals surface area contributed by atoms with E-state index in [2.05, 4.69) is 25.3 Å². The number of thiazole rings is 1. The summed E-state index contributed by atoms with van der Waals surface area (Å²) in [4.78, 5) is 33.1. The SMILES string of the molecule is Cc1cc(Nc2nc(C)cc(C)n2)cc([C@H]2CN(C(=O)c3scnc3C)CCO2)n1. The smallest absolute Gasteiger partial charge is 0.266 e. The van der Waals surface area contributed by atoms with E-state index in [-0.39, 0.29) is 12.0 Å². The molecule has 0 aromatic carbocycles. The molecule has 4 heterocycles. The fourth-order valence-electron chi connectivity index (χ4n) is 3.51. The van der Waals surface area contributed by atoms with E-state index in [1.54, 1.807) is 5.51 Å². The summed E-state index contributed by atoms with van der Waals surface area (Å²) < 4.78 is 5.96. The Labute approximate surface area is 179 Å². The van der Waals surface area contributed by atoms with Gasteiger partial charge in [0.2, 0.25) is 5.95 Å². The minimum Gasteiger partial charge on any atom is -0.368 e. The standard InChI is InChI=1S/C21H24N6O2S/c1-12-7-13(2)25-21(24-12)26-16-8-14(3)23-17(9-16)18-10-27(5-6-29-18)20(28)19-15(4)22-11-30-19/h7-9,11,18H,5-6,10H2,1-4H3,(H,23,24,25,26)/t18-/m1/s1. The lowest BCUT2D eigenvalue weighted by Gasteiger charge is -2.32. The van der Waals surface area contributed by atoms with Crippen LogP contribution >= 0.6 is 11.3 Å². The van der Waals surface area contributed by atoms with Gasteiger partial charge in [0.25, 0.3) is 5.91 Å². The van der Waals surface area contributed by atoms with E-state index in [0.29, 0.717) is 30.5 Å². The largest absolute Gasteiger partial charge is 0.368 e. The van der Waals surface area contributed by atoms with Gasteiger partial charge in [-0.15, -0.1) is 11.3 Å². The average Bonchev–Trinajstić information content (AvgIpc) is 3.12. The highest BCUT2D eigenvalue weighted by Crippen LogP contribution is 2.26. The first kappa shape index (κ1) is 20.4. The lowest BCUT2D eigenvalue weighted by Crippen LogP contribution is -2.42. The number of hydrogen-bond donors (Lipinski definition) is 1. The molecule has 0 saturated carbocycles. The van der Waals surface area contributed by atoms with Crippen LogP contribution in [-0.4, -0.2) is 50.4 Å². The highest BCUT2D eigenvalue weighted by atomic mass is 32.1. The number of amides is 1. The summed E-state index contributed by atoms with van der Waals surface area (Å²) >= 11 is 1.37. The molecule has 9 heteroatoms. The van der Waals surface area contributed by atoms with Crippen LogP contribution < -0.4 is 5.32 Å². The number of aryl methyl sites for hydroxylation is 4. The van der Waals surface area contributed by atoms with Gasteiger partial charge in [0.05, 0.1) is 30.1 Å². The number of rotatable bonds is 4. The molecule has 0 unspecified atom stereocenters. The fourth-order valence-corrected chi connectivity index (χ4v) is 4.28. The van der Waals surface area contributed by atoms with Crippen LogP contribution in [0.2, 0.25) is 0 Å². The molecule has 3 aromatic heterocycles. The number of nitrogens with one attached hydrogen (secondary N) is 1. The Hall–Kier alpha value is -2.91. The number of carbonyl (C=O) groups excluding carboxylic acids is 1. The maximum Gasteiger partial charge on any atom is 0.266 e. The number of anilines is 2. The molecular formula is C21H24N6O2S. The first-order chi connectivity index (χ1) is 14.4. The zero-order valence-corrected chi connectivity index (χ0v) is 18.3. The summed E-state index contributed by atoms with van der Waals surface area (Å²) in [7, 11) is 0. The molecule has 156 valence electrons. The van der Waals surface area contributed by atoms with E-state index < -0.39 is 0 Å². The molecule has 1 aliphatic rings. The van der Waals surface area contributed by atoms with Crippen LogP contribution in [-0.2, 0) is 4.74 Å². The van der Waals surface area contributed by atoms with E-state index in [1.807, 2.05) is 50.8 Å². The predicted molar refractivity (Wildman–Crippen MR) is 115 cm³/mol. The third kappa shape index (κ3) is 4.47. The second kappa shape index (κ2) is 8.45. The molecular weight excluding hydrogens is 400 g/mol. The Kier molecular flexibility index (Phi) is 5.74. The lowest BCUT2D eigenvalue weighted by atomic mass is 10.1. The molecule has 4 rings (SSSR count). The number of hydrogen-bond acceptors (Lipinski definition) is 8. The molecule has 8 nitrogen and oxygen atoms in total. The van der Waals surface area contributed by atoms with Crippen LogP contribution in [0.4, 0.5) is 11.6 Å². The third-order valence-electron chi connectivity index (χ3n) is 4.83. The lowest BCUT2D eigenvalue weighted by molar-refractivity contribution is -0.0246. The fraction of sp³-hybridized carbons (Fsp3) is 0.381. The van der Waals surface area contributed by atoms with Gasteiger partial charge in [0.15, 0.2) is 0 Å². The Balaban J connectivity index is 1.54. The Morgan fingerprint density at radius 3 is 2.53 bits per heavy atom. The van der Waals surface area contributed by atoms with Gasteiger partial charge in [-0.3, -0.25) is 9.78 Å². The Bertz CT molecular complexity index is 1060. The summed E-state index contributed by atoms with van der Waals surface area (Å²) in [5.74, 6) is 0.545. The van der Waals surface area contributed by atoms with Gasteiger partial charge >= 0.3 is 0 Å². The number of nitrogens with zero attached hydrogens (tertiary/aromatic N) is 5. The van der Waals surface area contributed by atoms with Crippen LogP contribution in [0, 0.1) is 27.7 Å². The molecule has 1 saturated heterocycles. The van der Waals surface area contributed by atoms with Crippen LogP contribution in [0.25, 0.3) is 0 Å². The highest BCUT2D eigenvalue weighted by molar-refractivity contribution is 7.11. The number of carbonyl (C=O) groups is 1. The van der Waals surface area contributed by atoms with Crippen molar-refractivity contribution < 1.29 is 9.53 Å². The van der Waals surface area contributed by atoms with Crippen molar-refractivity contribution in [3.8, 4) is 0 Å². The summed E-state index contributed by atoms with van der Waals surface area (Å²) in [6.07, 6.45) is -0.295. The monoisotopic (exact) mass is 424 g/mol. The van der Waals surface area contributed by atoms with E-state index in [1.165, 1.54) is 11.3 Å². The van der Waals surface area contributed by atoms with Crippen LogP contribution in [0.3, 0.4) is 0 Å². The highest BCUT2D eigenvalue weighted by Gasteiger charge is 2.29. The van der Waals surface area contributed by atoms with Gasteiger partial charge in [-0.25, -0.2) is 15.0 Å². The van der Waals surface area contributed by atoms with Crippen molar-refractivity contribution in [2.24, 2.45) is 0 Å². The Morgan fingerprint density at radius 1 is 1.10 bits per heavy atom. The predicted octanol–water partition coefficient (Wildman–Crippen LogP) is 3.52. The van der Waals surface area contributed by atoms with Gasteiger partial charge in [-0.1, -0.05) is 0 Å². The number of pyridine rings is 1. The number of morpholine rings is 1. The average molecular weight is 425 g/mol. The van der Waals surface area contributed by atoms with Gasteiger partial charge < -0.3 is 15.0 Å². The maximum atomic E-state index is 12.9. The van der Waals surface area contributed by atoms with Gasteiger partial charge in [0, 0.05) is 29.3 Å². The zero-order chi connectivity index (χ0) is 21.3. The van der Waals surface area contributed by atoms with Crippen molar-refractivity contribution >= 4 is 28.9 Å². The van der Waals surface area contributed by atoms with Gasteiger partial charge in [-0.2, -0.15) is 0 Å². The summed E-state index contributed by atoms with van der Waals surface area (Å²) in [6, 6.07) is 5.81. The molecule has 1 fully saturated rings. The van der Waals surface area contributed by atoms with Crippen molar-refractivity contribution in [2.75, 3.05) is 25.0 Å². The molecule has 0 spiro atoms. The van der Waals surface area contributed by atoms with Gasteiger partial charge in [-0.05, 0) is 45.9 Å². The topological polar surface area (TPSA) is 93.1 Å². The summed E-state index contributed by atoms with van der Waals surface area (Å²) in [5, 5.41) is 3.26. The van der Waals surface area contributed by atoms with Crippen molar-refractivity contribution in [3.05, 3.63) is 57.1 Å². The zero-order valence-electron chi connectivity index (χ0n) is 17.5. The van der Waals surface area contributed by atoms with E-state index >= 15 is 0 Å². The van der Waals surface area contributed by atoms with Crippen molar-refractivity contribution in [2.45, 2.75) is 33.8 Å². The third-order valence-corrected chi connectivity index (χ3v) is 5.75. The second-order valence-corrected chi connectivity index (χ2v) is 8.25. The van der Waals surface area contributed by atoms with Crippen molar-refractivity contribution in [1.82, 2.24) is 24.8 Å². The molecule has 1 aliphatic heterocycles. The quantitative estimate of drug-likeness (QED) is 0.685. The first-order valence-corrected chi connectivity index (χ1v) is 10.7. The molecule has 1 N–H and O–H groups in total. The number of ether oxygens (including phenoxy) is 1. The normalized spacial score (nSPS) is 16.5. The summed E-state index contributed by atoms with van der Waals surface area (Å²) in [6.45, 7) is 9.14. The van der Waals surface area contributed by atoms with Gasteiger partial charge in [0.1, 0.15) is 11.0 Å². The van der Waals surface area contributed by atoms with E-state index in [0.717, 1.165) is 34.2 Å². The van der Waals surface area contributed by atoms with E-state index in [4.69, 9.17) is 4.74 Å². The van der Waals surface area contributed by atoms with Crippen LogP contribution in [0.1, 0.15) is 44.2 Å². The molecule has 3 aromatic rings. The minimum absolute atomic E-state index is 0.00191.